The van der Waals surface area contributed by atoms with Crippen LogP contribution in [0.15, 0.2) is 64.8 Å². The molecule has 2 aromatic carbocycles. The predicted molar refractivity (Wildman–Crippen MR) is 102 cm³/mol. The van der Waals surface area contributed by atoms with Crippen LogP contribution in [0, 0.1) is 0 Å². The number of amidine groups is 1. The number of carbonyl (C=O) groups is 1. The van der Waals surface area contributed by atoms with Gasteiger partial charge in [-0.25, -0.2) is 0 Å². The number of thioether (sulfide) groups is 1. The molecular weight excluding hydrogens is 334 g/mol. The number of carbonyl (C=O) groups excluding carboxylic acids is 1. The van der Waals surface area contributed by atoms with Gasteiger partial charge in [0.25, 0.3) is 0 Å². The molecule has 1 heterocycles. The third-order valence-corrected chi connectivity index (χ3v) is 4.84. The molecular formula is C19H19N3O2S. The Labute approximate surface area is 151 Å². The lowest BCUT2D eigenvalue weighted by Gasteiger charge is -2.15. The molecule has 0 spiro atoms. The SMILES string of the molecule is COc1ccc(/C=N\N=C2/S[C@H](C)C(=O)N2Cc2ccccc2)cc1. The van der Waals surface area contributed by atoms with Gasteiger partial charge in [-0.1, -0.05) is 42.1 Å². The summed E-state index contributed by atoms with van der Waals surface area (Å²) in [6, 6.07) is 17.4. The maximum atomic E-state index is 12.4. The summed E-state index contributed by atoms with van der Waals surface area (Å²) in [5.41, 5.74) is 1.99. The summed E-state index contributed by atoms with van der Waals surface area (Å²) in [5.74, 6) is 0.857. The van der Waals surface area contributed by atoms with Crippen LogP contribution in [0.25, 0.3) is 0 Å². The van der Waals surface area contributed by atoms with E-state index in [0.29, 0.717) is 11.7 Å². The number of rotatable bonds is 5. The first-order chi connectivity index (χ1) is 12.2. The number of benzene rings is 2. The highest BCUT2D eigenvalue weighted by Crippen LogP contribution is 2.28. The first-order valence-corrected chi connectivity index (χ1v) is 8.82. The molecule has 1 atom stereocenters. The average molecular weight is 353 g/mol. The maximum absolute atomic E-state index is 12.4. The van der Waals surface area contributed by atoms with Crippen LogP contribution < -0.4 is 4.74 Å². The summed E-state index contributed by atoms with van der Waals surface area (Å²) in [6.45, 7) is 2.40. The first-order valence-electron chi connectivity index (χ1n) is 7.94. The zero-order valence-corrected chi connectivity index (χ0v) is 14.9. The van der Waals surface area contributed by atoms with E-state index in [0.717, 1.165) is 16.9 Å². The second-order valence-electron chi connectivity index (χ2n) is 5.57. The number of hydrogen-bond acceptors (Lipinski definition) is 5. The quantitative estimate of drug-likeness (QED) is 0.610. The number of ether oxygens (including phenoxy) is 1. The van der Waals surface area contributed by atoms with Gasteiger partial charge in [-0.2, -0.15) is 5.10 Å². The Morgan fingerprint density at radius 1 is 1.16 bits per heavy atom. The third kappa shape index (κ3) is 4.28. The minimum Gasteiger partial charge on any atom is -0.497 e. The van der Waals surface area contributed by atoms with E-state index in [9.17, 15) is 4.79 Å². The molecule has 0 bridgehead atoms. The molecule has 0 saturated carbocycles. The molecule has 0 N–H and O–H groups in total. The molecule has 1 amide bonds. The van der Waals surface area contributed by atoms with Crippen molar-refractivity contribution in [2.45, 2.75) is 18.7 Å². The number of amides is 1. The van der Waals surface area contributed by atoms with Gasteiger partial charge >= 0.3 is 0 Å². The van der Waals surface area contributed by atoms with Crippen LogP contribution in [0.5, 0.6) is 5.75 Å². The second-order valence-corrected chi connectivity index (χ2v) is 6.88. The van der Waals surface area contributed by atoms with E-state index in [1.165, 1.54) is 11.8 Å². The number of hydrogen-bond donors (Lipinski definition) is 0. The molecule has 0 radical (unpaired) electrons. The van der Waals surface area contributed by atoms with Crippen LogP contribution in [-0.2, 0) is 11.3 Å². The van der Waals surface area contributed by atoms with Gasteiger partial charge in [-0.05, 0) is 42.3 Å². The van der Waals surface area contributed by atoms with Gasteiger partial charge in [0.15, 0.2) is 5.17 Å². The Morgan fingerprint density at radius 2 is 1.88 bits per heavy atom. The Kier molecular flexibility index (Phi) is 5.50. The fourth-order valence-electron chi connectivity index (χ4n) is 2.41. The summed E-state index contributed by atoms with van der Waals surface area (Å²) in [4.78, 5) is 14.1. The Hall–Kier alpha value is -2.60. The lowest BCUT2D eigenvalue weighted by atomic mass is 10.2. The van der Waals surface area contributed by atoms with E-state index in [2.05, 4.69) is 10.2 Å². The van der Waals surface area contributed by atoms with Crippen LogP contribution in [0.4, 0.5) is 0 Å². The van der Waals surface area contributed by atoms with Crippen molar-refractivity contribution in [1.29, 1.82) is 0 Å². The van der Waals surface area contributed by atoms with Gasteiger partial charge in [0.1, 0.15) is 5.75 Å². The molecule has 1 aliphatic rings. The Bertz CT molecular complexity index is 788. The van der Waals surface area contributed by atoms with Gasteiger partial charge in [-0.3, -0.25) is 9.69 Å². The molecule has 25 heavy (non-hydrogen) atoms. The maximum Gasteiger partial charge on any atom is 0.242 e. The minimum absolute atomic E-state index is 0.0623. The van der Waals surface area contributed by atoms with Crippen molar-refractivity contribution in [2.24, 2.45) is 10.2 Å². The fraction of sp³-hybridized carbons (Fsp3) is 0.211. The summed E-state index contributed by atoms with van der Waals surface area (Å²) >= 11 is 1.43. The van der Waals surface area contributed by atoms with E-state index in [1.807, 2.05) is 61.5 Å². The molecule has 1 aliphatic heterocycles. The van der Waals surface area contributed by atoms with Gasteiger partial charge in [0, 0.05) is 0 Å². The van der Waals surface area contributed by atoms with Crippen molar-refractivity contribution < 1.29 is 9.53 Å². The Balaban J connectivity index is 1.74. The van der Waals surface area contributed by atoms with Crippen molar-refractivity contribution >= 4 is 29.1 Å². The topological polar surface area (TPSA) is 54.3 Å². The first kappa shape index (κ1) is 17.2. The Morgan fingerprint density at radius 3 is 2.56 bits per heavy atom. The third-order valence-electron chi connectivity index (χ3n) is 3.78. The highest BCUT2D eigenvalue weighted by molar-refractivity contribution is 8.15. The zero-order valence-electron chi connectivity index (χ0n) is 14.1. The monoisotopic (exact) mass is 353 g/mol. The largest absolute Gasteiger partial charge is 0.497 e. The standard InChI is InChI=1S/C19H19N3O2S/c1-14-18(23)22(13-16-6-4-3-5-7-16)19(25-14)21-20-12-15-8-10-17(24-2)11-9-15/h3-12,14H,13H2,1-2H3/b20-12-,21-19-/t14-/m1/s1. The number of nitrogens with zero attached hydrogens (tertiary/aromatic N) is 3. The smallest absolute Gasteiger partial charge is 0.242 e. The van der Waals surface area contributed by atoms with E-state index >= 15 is 0 Å². The molecule has 5 nitrogen and oxygen atoms in total. The van der Waals surface area contributed by atoms with Crippen LogP contribution >= 0.6 is 11.8 Å². The molecule has 3 rings (SSSR count). The van der Waals surface area contributed by atoms with Gasteiger partial charge in [0.05, 0.1) is 25.1 Å². The van der Waals surface area contributed by atoms with E-state index < -0.39 is 0 Å². The summed E-state index contributed by atoms with van der Waals surface area (Å²) in [6.07, 6.45) is 1.67. The highest BCUT2D eigenvalue weighted by atomic mass is 32.2. The normalized spacial score (nSPS) is 19.1. The van der Waals surface area contributed by atoms with Crippen LogP contribution in [0.1, 0.15) is 18.1 Å². The predicted octanol–water partition coefficient (Wildman–Crippen LogP) is 3.55. The van der Waals surface area contributed by atoms with Crippen molar-refractivity contribution in [3.8, 4) is 5.75 Å². The lowest BCUT2D eigenvalue weighted by Crippen LogP contribution is -2.30. The van der Waals surface area contributed by atoms with Crippen LogP contribution in [0.2, 0.25) is 0 Å². The number of methoxy groups -OCH3 is 1. The molecule has 128 valence electrons. The summed E-state index contributed by atoms with van der Waals surface area (Å²) < 4.78 is 5.13. The average Bonchev–Trinajstić information content (AvgIpc) is 2.91. The van der Waals surface area contributed by atoms with E-state index in [4.69, 9.17) is 4.74 Å². The van der Waals surface area contributed by atoms with Gasteiger partial charge < -0.3 is 4.74 Å². The van der Waals surface area contributed by atoms with Crippen molar-refractivity contribution in [3.05, 3.63) is 65.7 Å². The summed E-state index contributed by atoms with van der Waals surface area (Å²) in [7, 11) is 1.63. The lowest BCUT2D eigenvalue weighted by molar-refractivity contribution is -0.126. The second kappa shape index (κ2) is 7.98. The molecule has 1 saturated heterocycles. The minimum atomic E-state index is -0.140. The van der Waals surface area contributed by atoms with E-state index in [-0.39, 0.29) is 11.2 Å². The molecule has 0 unspecified atom stereocenters. The summed E-state index contributed by atoms with van der Waals surface area (Å²) in [5, 5.41) is 8.90. The van der Waals surface area contributed by atoms with Crippen LogP contribution in [-0.4, -0.2) is 34.5 Å². The molecule has 2 aromatic rings. The molecule has 0 aromatic heterocycles. The molecule has 6 heteroatoms. The fourth-order valence-corrected chi connectivity index (χ4v) is 3.33. The van der Waals surface area contributed by atoms with E-state index in [1.54, 1.807) is 18.2 Å². The highest BCUT2D eigenvalue weighted by Gasteiger charge is 2.35. The van der Waals surface area contributed by atoms with Crippen LogP contribution in [0.3, 0.4) is 0 Å². The van der Waals surface area contributed by atoms with Crippen molar-refractivity contribution in [1.82, 2.24) is 4.90 Å². The van der Waals surface area contributed by atoms with Crippen molar-refractivity contribution in [3.63, 3.8) is 0 Å². The zero-order chi connectivity index (χ0) is 17.6. The molecule has 0 aliphatic carbocycles. The van der Waals surface area contributed by atoms with Gasteiger partial charge in [-0.15, -0.1) is 5.10 Å². The van der Waals surface area contributed by atoms with Crippen molar-refractivity contribution in [2.75, 3.05) is 7.11 Å². The van der Waals surface area contributed by atoms with Gasteiger partial charge in [0.2, 0.25) is 5.91 Å². The molecule has 1 fully saturated rings.